The minimum Gasteiger partial charge on any atom is -0.481 e. The molecule has 148 valence electrons. The Morgan fingerprint density at radius 3 is 1.92 bits per heavy atom. The zero-order valence-corrected chi connectivity index (χ0v) is 16.3. The van der Waals surface area contributed by atoms with Crippen LogP contribution in [0.1, 0.15) is 84.0 Å². The fourth-order valence-corrected chi connectivity index (χ4v) is 2.30. The van der Waals surface area contributed by atoms with Crippen molar-refractivity contribution >= 4 is 11.9 Å². The zero-order chi connectivity index (χ0) is 19.3. The lowest BCUT2D eigenvalue weighted by Crippen LogP contribution is -2.08. The molecule has 0 amide bonds. The van der Waals surface area contributed by atoms with Crippen LogP contribution in [0.4, 0.5) is 0 Å². The van der Waals surface area contributed by atoms with Crippen molar-refractivity contribution < 1.29 is 19.4 Å². The Kier molecular flexibility index (Phi) is 18.1. The highest BCUT2D eigenvalue weighted by Gasteiger charge is 2.05. The van der Waals surface area contributed by atoms with Gasteiger partial charge in [-0.2, -0.15) is 0 Å². The van der Waals surface area contributed by atoms with Gasteiger partial charge in [-0.15, -0.1) is 0 Å². The monoisotopic (exact) mass is 364 g/mol. The van der Waals surface area contributed by atoms with E-state index in [1.54, 1.807) is 0 Å². The van der Waals surface area contributed by atoms with Crippen LogP contribution in [0, 0.1) is 0 Å². The van der Waals surface area contributed by atoms with Crippen LogP contribution in [0.25, 0.3) is 0 Å². The minimum absolute atomic E-state index is 0.0414. The van der Waals surface area contributed by atoms with E-state index in [1.807, 2.05) is 0 Å². The number of rotatable bonds is 17. The molecule has 0 radical (unpaired) electrons. The number of hydrogen-bond acceptors (Lipinski definition) is 3. The third-order valence-corrected chi connectivity index (χ3v) is 3.84. The van der Waals surface area contributed by atoms with E-state index in [4.69, 9.17) is 9.84 Å². The van der Waals surface area contributed by atoms with E-state index in [0.29, 0.717) is 6.61 Å². The predicted molar refractivity (Wildman–Crippen MR) is 107 cm³/mol. The van der Waals surface area contributed by atoms with Crippen LogP contribution >= 0.6 is 0 Å². The van der Waals surface area contributed by atoms with E-state index in [2.05, 4.69) is 43.4 Å². The number of carboxylic acids is 1. The van der Waals surface area contributed by atoms with Crippen LogP contribution in [0.2, 0.25) is 0 Å². The largest absolute Gasteiger partial charge is 0.481 e. The summed E-state index contributed by atoms with van der Waals surface area (Å²) in [5.74, 6) is -1.39. The first-order valence-corrected chi connectivity index (χ1v) is 9.99. The lowest BCUT2D eigenvalue weighted by Gasteiger charge is -2.03. The third kappa shape index (κ3) is 20.2. The molecule has 4 nitrogen and oxygen atoms in total. The molecule has 4 heteroatoms. The van der Waals surface area contributed by atoms with E-state index in [1.165, 1.54) is 25.7 Å². The van der Waals surface area contributed by atoms with Gasteiger partial charge < -0.3 is 9.84 Å². The van der Waals surface area contributed by atoms with Gasteiger partial charge in [-0.05, 0) is 51.4 Å². The zero-order valence-electron chi connectivity index (χ0n) is 16.3. The second-order valence-corrected chi connectivity index (χ2v) is 6.34. The van der Waals surface area contributed by atoms with Gasteiger partial charge in [-0.25, -0.2) is 0 Å². The van der Waals surface area contributed by atoms with Gasteiger partial charge >= 0.3 is 11.9 Å². The second kappa shape index (κ2) is 19.5. The molecule has 0 atom stereocenters. The van der Waals surface area contributed by atoms with Crippen molar-refractivity contribution in [2.24, 2.45) is 0 Å². The number of ether oxygens (including phenoxy) is 1. The Labute approximate surface area is 159 Å². The first kappa shape index (κ1) is 24.2. The maximum atomic E-state index is 11.2. The molecule has 0 heterocycles. The Balaban J connectivity index is 3.36. The van der Waals surface area contributed by atoms with Gasteiger partial charge in [-0.3, -0.25) is 9.59 Å². The summed E-state index contributed by atoms with van der Waals surface area (Å²) in [6.45, 7) is 2.61. The first-order valence-electron chi connectivity index (χ1n) is 9.99. The van der Waals surface area contributed by atoms with E-state index >= 15 is 0 Å². The molecule has 0 aliphatic heterocycles. The van der Waals surface area contributed by atoms with Gasteiger partial charge in [0.1, 0.15) is 0 Å². The molecule has 0 aliphatic carbocycles. The number of carbonyl (C=O) groups is 2. The van der Waals surface area contributed by atoms with Gasteiger partial charge in [0, 0.05) is 0 Å². The number of carboxylic acid groups (broad SMARTS) is 1. The van der Waals surface area contributed by atoms with Crippen LogP contribution in [-0.4, -0.2) is 23.7 Å². The molecule has 1 N–H and O–H groups in total. The van der Waals surface area contributed by atoms with Gasteiger partial charge in [-0.1, -0.05) is 56.2 Å². The van der Waals surface area contributed by atoms with E-state index in [9.17, 15) is 9.59 Å². The molecule has 0 aromatic carbocycles. The summed E-state index contributed by atoms with van der Waals surface area (Å²) >= 11 is 0. The quantitative estimate of drug-likeness (QED) is 0.196. The molecule has 0 spiro atoms. The normalized spacial score (nSPS) is 11.7. The molecule has 0 bridgehead atoms. The molecule has 0 aromatic rings. The lowest BCUT2D eigenvalue weighted by molar-refractivity contribution is -0.147. The standard InChI is InChI=1S/C22H36O4/c1-2-3-4-5-6-7-8-9-10-11-12-13-14-15-16-17-20-26-22(25)19-18-21(23)24/h6-7,9-10,12-13H,2-5,8,11,14-20H2,1H3,(H,23,24)/b7-6?,10-9?,13-12-. The highest BCUT2D eigenvalue weighted by Crippen LogP contribution is 2.04. The molecule has 0 saturated heterocycles. The fraction of sp³-hybridized carbons (Fsp3) is 0.636. The minimum atomic E-state index is -0.970. The topological polar surface area (TPSA) is 63.6 Å². The highest BCUT2D eigenvalue weighted by molar-refractivity contribution is 5.76. The molecule has 0 aliphatic rings. The van der Waals surface area contributed by atoms with Crippen molar-refractivity contribution in [2.45, 2.75) is 84.0 Å². The average Bonchev–Trinajstić information content (AvgIpc) is 2.62. The summed E-state index contributed by atoms with van der Waals surface area (Å²) in [6, 6.07) is 0. The summed E-state index contributed by atoms with van der Waals surface area (Å²) in [7, 11) is 0. The maximum Gasteiger partial charge on any atom is 0.306 e. The summed E-state index contributed by atoms with van der Waals surface area (Å²) in [5.41, 5.74) is 0. The number of carbonyl (C=O) groups excluding carboxylic acids is 1. The molecule has 0 rings (SSSR count). The second-order valence-electron chi connectivity index (χ2n) is 6.34. The Morgan fingerprint density at radius 2 is 1.35 bits per heavy atom. The van der Waals surface area contributed by atoms with Gasteiger partial charge in [0.05, 0.1) is 19.4 Å². The number of aliphatic carboxylic acids is 1. The number of allylic oxidation sites excluding steroid dienone is 6. The fourth-order valence-electron chi connectivity index (χ4n) is 2.30. The van der Waals surface area contributed by atoms with E-state index in [-0.39, 0.29) is 12.8 Å². The van der Waals surface area contributed by atoms with Crippen molar-refractivity contribution in [3.05, 3.63) is 36.5 Å². The SMILES string of the molecule is CCCCCC=CCC=CC/C=C\CCCCCOC(=O)CCC(=O)O. The molecular weight excluding hydrogens is 328 g/mol. The van der Waals surface area contributed by atoms with Crippen LogP contribution in [-0.2, 0) is 14.3 Å². The van der Waals surface area contributed by atoms with Crippen molar-refractivity contribution in [1.29, 1.82) is 0 Å². The van der Waals surface area contributed by atoms with Crippen molar-refractivity contribution in [3.8, 4) is 0 Å². The van der Waals surface area contributed by atoms with Gasteiger partial charge in [0.2, 0.25) is 0 Å². The van der Waals surface area contributed by atoms with E-state index in [0.717, 1.165) is 38.5 Å². The summed E-state index contributed by atoms with van der Waals surface area (Å²) in [4.78, 5) is 21.5. The van der Waals surface area contributed by atoms with Crippen molar-refractivity contribution in [3.63, 3.8) is 0 Å². The van der Waals surface area contributed by atoms with Crippen molar-refractivity contribution in [1.82, 2.24) is 0 Å². The predicted octanol–water partition coefficient (Wildman–Crippen LogP) is 5.98. The smallest absolute Gasteiger partial charge is 0.306 e. The number of hydrogen-bond donors (Lipinski definition) is 1. The summed E-state index contributed by atoms with van der Waals surface area (Å²) in [6.07, 6.45) is 24.2. The highest BCUT2D eigenvalue weighted by atomic mass is 16.5. The number of esters is 1. The Hall–Kier alpha value is -1.84. The summed E-state index contributed by atoms with van der Waals surface area (Å²) < 4.78 is 4.98. The molecule has 0 fully saturated rings. The summed E-state index contributed by atoms with van der Waals surface area (Å²) in [5, 5.41) is 8.46. The van der Waals surface area contributed by atoms with Crippen LogP contribution in [0.3, 0.4) is 0 Å². The van der Waals surface area contributed by atoms with Gasteiger partial charge in [0.15, 0.2) is 0 Å². The van der Waals surface area contributed by atoms with E-state index < -0.39 is 11.9 Å². The number of unbranched alkanes of at least 4 members (excludes halogenated alkanes) is 6. The lowest BCUT2D eigenvalue weighted by atomic mass is 10.2. The Morgan fingerprint density at radius 1 is 0.769 bits per heavy atom. The van der Waals surface area contributed by atoms with Crippen LogP contribution in [0.5, 0.6) is 0 Å². The van der Waals surface area contributed by atoms with Crippen molar-refractivity contribution in [2.75, 3.05) is 6.61 Å². The van der Waals surface area contributed by atoms with Crippen LogP contribution < -0.4 is 0 Å². The molecular formula is C22H36O4. The molecule has 0 saturated carbocycles. The molecule has 0 unspecified atom stereocenters. The van der Waals surface area contributed by atoms with Gasteiger partial charge in [0.25, 0.3) is 0 Å². The first-order chi connectivity index (χ1) is 12.7. The Bertz CT molecular complexity index is 435. The average molecular weight is 365 g/mol. The molecule has 26 heavy (non-hydrogen) atoms. The van der Waals surface area contributed by atoms with Crippen LogP contribution in [0.15, 0.2) is 36.5 Å². The third-order valence-electron chi connectivity index (χ3n) is 3.84. The maximum absolute atomic E-state index is 11.2. The molecule has 0 aromatic heterocycles.